The number of non-ortho nitro benzene ring substituents is 1. The molecule has 0 spiro atoms. The molecule has 1 aromatic carbocycles. The molecular formula is C11H14FN3O2. The summed E-state index contributed by atoms with van der Waals surface area (Å²) in [7, 11) is 0. The molecule has 1 atom stereocenters. The van der Waals surface area contributed by atoms with Crippen LogP contribution in [0.15, 0.2) is 18.2 Å². The van der Waals surface area contributed by atoms with Crippen molar-refractivity contribution in [2.75, 3.05) is 24.5 Å². The lowest BCUT2D eigenvalue weighted by molar-refractivity contribution is -0.385. The summed E-state index contributed by atoms with van der Waals surface area (Å²) in [6, 6.07) is 3.66. The highest BCUT2D eigenvalue weighted by atomic mass is 19.1. The van der Waals surface area contributed by atoms with E-state index in [1.807, 2.05) is 4.90 Å². The molecule has 0 bridgehead atoms. The van der Waals surface area contributed by atoms with Crippen LogP contribution in [0.2, 0.25) is 0 Å². The van der Waals surface area contributed by atoms with Crippen molar-refractivity contribution in [2.45, 2.75) is 6.42 Å². The number of hydrogen-bond donors (Lipinski definition) is 1. The third-order valence-corrected chi connectivity index (χ3v) is 3.06. The summed E-state index contributed by atoms with van der Waals surface area (Å²) < 4.78 is 13.3. The van der Waals surface area contributed by atoms with Crippen LogP contribution in [0.3, 0.4) is 0 Å². The van der Waals surface area contributed by atoms with Crippen LogP contribution in [-0.2, 0) is 0 Å². The molecule has 6 heteroatoms. The minimum absolute atomic E-state index is 0.212. The number of benzene rings is 1. The number of nitro groups is 1. The molecule has 1 fully saturated rings. The second kappa shape index (κ2) is 4.67. The molecular weight excluding hydrogens is 225 g/mol. The van der Waals surface area contributed by atoms with Gasteiger partial charge in [-0.15, -0.1) is 0 Å². The van der Waals surface area contributed by atoms with Gasteiger partial charge in [0.1, 0.15) is 5.82 Å². The number of nitrogens with zero attached hydrogens (tertiary/aromatic N) is 2. The molecule has 1 aliphatic heterocycles. The Kier molecular flexibility index (Phi) is 3.23. The van der Waals surface area contributed by atoms with Crippen molar-refractivity contribution in [2.24, 2.45) is 11.7 Å². The maximum absolute atomic E-state index is 13.3. The van der Waals surface area contributed by atoms with Crippen LogP contribution in [0.4, 0.5) is 15.8 Å². The lowest BCUT2D eigenvalue weighted by Crippen LogP contribution is -2.22. The molecule has 5 nitrogen and oxygen atoms in total. The van der Waals surface area contributed by atoms with Crippen LogP contribution in [0.1, 0.15) is 6.42 Å². The number of rotatable bonds is 3. The van der Waals surface area contributed by atoms with Crippen LogP contribution >= 0.6 is 0 Å². The Morgan fingerprint density at radius 1 is 1.53 bits per heavy atom. The fraction of sp³-hybridized carbons (Fsp3) is 0.455. The monoisotopic (exact) mass is 239 g/mol. The average Bonchev–Trinajstić information content (AvgIpc) is 2.76. The van der Waals surface area contributed by atoms with Gasteiger partial charge < -0.3 is 10.6 Å². The zero-order valence-corrected chi connectivity index (χ0v) is 9.30. The Bertz CT molecular complexity index is 439. The predicted molar refractivity (Wildman–Crippen MR) is 62.4 cm³/mol. The summed E-state index contributed by atoms with van der Waals surface area (Å²) in [5, 5.41) is 10.6. The third-order valence-electron chi connectivity index (χ3n) is 3.06. The number of nitrogens with two attached hydrogens (primary N) is 1. The molecule has 1 aliphatic rings. The first-order valence-electron chi connectivity index (χ1n) is 5.50. The molecule has 2 N–H and O–H groups in total. The summed E-state index contributed by atoms with van der Waals surface area (Å²) in [5.41, 5.74) is 5.92. The number of anilines is 1. The summed E-state index contributed by atoms with van der Waals surface area (Å²) in [5.74, 6) is -0.192. The Balaban J connectivity index is 2.24. The fourth-order valence-corrected chi connectivity index (χ4v) is 2.11. The van der Waals surface area contributed by atoms with E-state index in [1.54, 1.807) is 0 Å². The second-order valence-electron chi connectivity index (χ2n) is 4.26. The van der Waals surface area contributed by atoms with Crippen molar-refractivity contribution >= 4 is 11.4 Å². The van der Waals surface area contributed by atoms with Gasteiger partial charge in [-0.05, 0) is 24.9 Å². The van der Waals surface area contributed by atoms with E-state index in [-0.39, 0.29) is 5.69 Å². The van der Waals surface area contributed by atoms with Crippen LogP contribution in [0, 0.1) is 21.8 Å². The lowest BCUT2D eigenvalue weighted by atomic mass is 10.1. The van der Waals surface area contributed by atoms with Crippen LogP contribution in [-0.4, -0.2) is 24.6 Å². The van der Waals surface area contributed by atoms with Crippen molar-refractivity contribution in [1.82, 2.24) is 0 Å². The van der Waals surface area contributed by atoms with E-state index >= 15 is 0 Å². The van der Waals surface area contributed by atoms with Gasteiger partial charge in [0.2, 0.25) is 0 Å². The predicted octanol–water partition coefficient (Wildman–Crippen LogP) is 1.52. The highest BCUT2D eigenvalue weighted by Crippen LogP contribution is 2.27. The molecule has 2 rings (SSSR count). The Morgan fingerprint density at radius 3 is 2.88 bits per heavy atom. The topological polar surface area (TPSA) is 72.4 Å². The first kappa shape index (κ1) is 11.8. The van der Waals surface area contributed by atoms with Gasteiger partial charge in [-0.1, -0.05) is 0 Å². The van der Waals surface area contributed by atoms with E-state index in [0.717, 1.165) is 25.6 Å². The fourth-order valence-electron chi connectivity index (χ4n) is 2.11. The number of nitro benzene ring substituents is 1. The van der Waals surface area contributed by atoms with Crippen molar-refractivity contribution < 1.29 is 9.31 Å². The highest BCUT2D eigenvalue weighted by Gasteiger charge is 2.23. The standard InChI is InChI=1S/C11H14FN3O2/c12-9-3-10(5-11(4-9)15(16)17)14-2-1-8(6-13)7-14/h3-5,8H,1-2,6-7,13H2. The van der Waals surface area contributed by atoms with E-state index in [2.05, 4.69) is 0 Å². The van der Waals surface area contributed by atoms with Crippen molar-refractivity contribution in [3.05, 3.63) is 34.1 Å². The van der Waals surface area contributed by atoms with Crippen LogP contribution in [0.25, 0.3) is 0 Å². The maximum atomic E-state index is 13.3. The van der Waals surface area contributed by atoms with Gasteiger partial charge in [0.15, 0.2) is 0 Å². The third kappa shape index (κ3) is 2.52. The molecule has 1 heterocycles. The lowest BCUT2D eigenvalue weighted by Gasteiger charge is -2.18. The Labute approximate surface area is 98.2 Å². The first-order chi connectivity index (χ1) is 8.10. The zero-order chi connectivity index (χ0) is 12.4. The molecule has 1 saturated heterocycles. The SMILES string of the molecule is NCC1CCN(c2cc(F)cc([N+](=O)[O-])c2)C1. The van der Waals surface area contributed by atoms with E-state index in [0.29, 0.717) is 18.2 Å². The number of halogens is 1. The van der Waals surface area contributed by atoms with E-state index in [9.17, 15) is 14.5 Å². The smallest absolute Gasteiger partial charge is 0.274 e. The number of hydrogen-bond acceptors (Lipinski definition) is 4. The normalized spacial score (nSPS) is 19.6. The Hall–Kier alpha value is -1.69. The van der Waals surface area contributed by atoms with Crippen molar-refractivity contribution in [3.8, 4) is 0 Å². The van der Waals surface area contributed by atoms with Gasteiger partial charge in [0.25, 0.3) is 5.69 Å². The Morgan fingerprint density at radius 2 is 2.29 bits per heavy atom. The van der Waals surface area contributed by atoms with E-state index < -0.39 is 10.7 Å². The van der Waals surface area contributed by atoms with Gasteiger partial charge in [0.05, 0.1) is 11.0 Å². The quantitative estimate of drug-likeness (QED) is 0.641. The minimum Gasteiger partial charge on any atom is -0.371 e. The van der Waals surface area contributed by atoms with Crippen molar-refractivity contribution in [3.63, 3.8) is 0 Å². The molecule has 92 valence electrons. The summed E-state index contributed by atoms with van der Waals surface area (Å²) in [6.45, 7) is 2.09. The minimum atomic E-state index is -0.580. The molecule has 1 aromatic rings. The zero-order valence-electron chi connectivity index (χ0n) is 9.30. The van der Waals surface area contributed by atoms with Crippen molar-refractivity contribution in [1.29, 1.82) is 0 Å². The molecule has 0 radical (unpaired) electrons. The molecule has 0 aliphatic carbocycles. The average molecular weight is 239 g/mol. The maximum Gasteiger partial charge on any atom is 0.274 e. The highest BCUT2D eigenvalue weighted by molar-refractivity contribution is 5.54. The summed E-state index contributed by atoms with van der Waals surface area (Å²) >= 11 is 0. The van der Waals surface area contributed by atoms with E-state index in [4.69, 9.17) is 5.73 Å². The molecule has 1 unspecified atom stereocenters. The summed E-state index contributed by atoms with van der Waals surface area (Å²) in [6.07, 6.45) is 0.945. The van der Waals surface area contributed by atoms with Crippen LogP contribution in [0.5, 0.6) is 0 Å². The second-order valence-corrected chi connectivity index (χ2v) is 4.26. The van der Waals surface area contributed by atoms with Gasteiger partial charge in [-0.25, -0.2) is 4.39 Å². The largest absolute Gasteiger partial charge is 0.371 e. The molecule has 0 saturated carbocycles. The molecule has 17 heavy (non-hydrogen) atoms. The van der Waals surface area contributed by atoms with E-state index in [1.165, 1.54) is 12.1 Å². The van der Waals surface area contributed by atoms with Gasteiger partial charge >= 0.3 is 0 Å². The van der Waals surface area contributed by atoms with Gasteiger partial charge in [-0.3, -0.25) is 10.1 Å². The van der Waals surface area contributed by atoms with Gasteiger partial charge in [-0.2, -0.15) is 0 Å². The van der Waals surface area contributed by atoms with Crippen LogP contribution < -0.4 is 10.6 Å². The molecule has 0 aromatic heterocycles. The summed E-state index contributed by atoms with van der Waals surface area (Å²) in [4.78, 5) is 12.0. The molecule has 0 amide bonds. The first-order valence-corrected chi connectivity index (χ1v) is 5.50. The van der Waals surface area contributed by atoms with Gasteiger partial charge in [0, 0.05) is 24.8 Å².